The van der Waals surface area contributed by atoms with Crippen LogP contribution < -0.4 is 0 Å². The summed E-state index contributed by atoms with van der Waals surface area (Å²) in [4.78, 5) is 25.9. The number of aryl methyl sites for hydroxylation is 2. The molecule has 2 amide bonds. The highest BCUT2D eigenvalue weighted by molar-refractivity contribution is 7.99. The van der Waals surface area contributed by atoms with E-state index in [1.165, 1.54) is 10.5 Å². The van der Waals surface area contributed by atoms with E-state index in [0.717, 1.165) is 22.9 Å². The lowest BCUT2D eigenvalue weighted by Crippen LogP contribution is -2.29. The minimum Gasteiger partial charge on any atom is -0.411 e. The largest absolute Gasteiger partial charge is 0.411 e. The minimum atomic E-state index is -0.299. The predicted molar refractivity (Wildman–Crippen MR) is 96.9 cm³/mol. The first-order valence-electron chi connectivity index (χ1n) is 8.04. The lowest BCUT2D eigenvalue weighted by molar-refractivity contribution is 0.0684. The van der Waals surface area contributed by atoms with Crippen molar-refractivity contribution in [2.24, 2.45) is 0 Å². The van der Waals surface area contributed by atoms with E-state index in [9.17, 15) is 9.59 Å². The molecule has 130 valence electrons. The van der Waals surface area contributed by atoms with Crippen molar-refractivity contribution in [1.82, 2.24) is 15.1 Å². The minimum absolute atomic E-state index is 0.126. The molecule has 1 aliphatic rings. The fourth-order valence-corrected chi connectivity index (χ4v) is 3.45. The SMILES string of the molecule is Cc1ccc(-c2nnc(SCN3C(=O)c4ccccc4C3=O)o2)cc1C. The highest BCUT2D eigenvalue weighted by Gasteiger charge is 2.35. The molecule has 26 heavy (non-hydrogen) atoms. The van der Waals surface area contributed by atoms with Gasteiger partial charge in [-0.2, -0.15) is 0 Å². The predicted octanol–water partition coefficient (Wildman–Crippen LogP) is 3.70. The van der Waals surface area contributed by atoms with Gasteiger partial charge in [-0.3, -0.25) is 14.5 Å². The van der Waals surface area contributed by atoms with Crippen LogP contribution in [0.4, 0.5) is 0 Å². The monoisotopic (exact) mass is 365 g/mol. The molecule has 1 aromatic heterocycles. The van der Waals surface area contributed by atoms with Crippen LogP contribution >= 0.6 is 11.8 Å². The van der Waals surface area contributed by atoms with Crippen molar-refractivity contribution >= 4 is 23.6 Å². The van der Waals surface area contributed by atoms with Gasteiger partial charge in [-0.05, 0) is 61.0 Å². The molecule has 0 atom stereocenters. The van der Waals surface area contributed by atoms with Gasteiger partial charge in [-0.15, -0.1) is 10.2 Å². The summed E-state index contributed by atoms with van der Waals surface area (Å²) in [5.41, 5.74) is 4.03. The van der Waals surface area contributed by atoms with Gasteiger partial charge in [0.25, 0.3) is 17.0 Å². The third-order valence-electron chi connectivity index (χ3n) is 4.36. The second-order valence-electron chi connectivity index (χ2n) is 6.03. The molecule has 0 unspecified atom stereocenters. The van der Waals surface area contributed by atoms with Crippen LogP contribution in [0.2, 0.25) is 0 Å². The van der Waals surface area contributed by atoms with Gasteiger partial charge in [0.05, 0.1) is 17.0 Å². The van der Waals surface area contributed by atoms with E-state index in [1.54, 1.807) is 24.3 Å². The Morgan fingerprint density at radius 3 is 2.31 bits per heavy atom. The van der Waals surface area contributed by atoms with Gasteiger partial charge in [-0.25, -0.2) is 0 Å². The second kappa shape index (κ2) is 6.42. The summed E-state index contributed by atoms with van der Waals surface area (Å²) in [6, 6.07) is 12.7. The van der Waals surface area contributed by atoms with Gasteiger partial charge in [-0.1, -0.05) is 18.2 Å². The molecular weight excluding hydrogens is 350 g/mol. The average Bonchev–Trinajstić information content (AvgIpc) is 3.21. The molecule has 0 aliphatic carbocycles. The van der Waals surface area contributed by atoms with Crippen LogP contribution in [0.3, 0.4) is 0 Å². The van der Waals surface area contributed by atoms with Gasteiger partial charge >= 0.3 is 0 Å². The van der Waals surface area contributed by atoms with E-state index >= 15 is 0 Å². The fourth-order valence-electron chi connectivity index (χ4n) is 2.74. The Morgan fingerprint density at radius 2 is 1.65 bits per heavy atom. The van der Waals surface area contributed by atoms with Crippen molar-refractivity contribution in [3.8, 4) is 11.5 Å². The number of amides is 2. The lowest BCUT2D eigenvalue weighted by atomic mass is 10.1. The molecule has 6 nitrogen and oxygen atoms in total. The second-order valence-corrected chi connectivity index (χ2v) is 6.93. The van der Waals surface area contributed by atoms with Crippen LogP contribution in [0.5, 0.6) is 0 Å². The van der Waals surface area contributed by atoms with Gasteiger partial charge in [0.1, 0.15) is 0 Å². The van der Waals surface area contributed by atoms with Gasteiger partial charge < -0.3 is 4.42 Å². The summed E-state index contributed by atoms with van der Waals surface area (Å²) in [6.45, 7) is 4.06. The zero-order chi connectivity index (χ0) is 18.3. The number of aromatic nitrogens is 2. The van der Waals surface area contributed by atoms with Crippen LogP contribution in [0.25, 0.3) is 11.5 Å². The molecule has 0 bridgehead atoms. The first kappa shape index (κ1) is 16.5. The van der Waals surface area contributed by atoms with E-state index in [-0.39, 0.29) is 17.7 Å². The zero-order valence-electron chi connectivity index (χ0n) is 14.2. The Bertz CT molecular complexity index is 993. The molecule has 0 fully saturated rings. The molecule has 3 aromatic rings. The third-order valence-corrected chi connectivity index (χ3v) is 5.15. The number of carbonyl (C=O) groups is 2. The summed E-state index contributed by atoms with van der Waals surface area (Å²) in [5, 5.41) is 8.37. The van der Waals surface area contributed by atoms with Crippen LogP contribution in [0, 0.1) is 13.8 Å². The molecule has 0 N–H and O–H groups in total. The molecule has 0 spiro atoms. The Morgan fingerprint density at radius 1 is 0.962 bits per heavy atom. The first-order valence-corrected chi connectivity index (χ1v) is 9.02. The number of hydrogen-bond donors (Lipinski definition) is 0. The first-order chi connectivity index (χ1) is 12.5. The van der Waals surface area contributed by atoms with Crippen molar-refractivity contribution < 1.29 is 14.0 Å². The standard InChI is InChI=1S/C19H15N3O3S/c1-11-7-8-13(9-12(11)2)16-20-21-19(25-16)26-10-22-17(23)14-5-3-4-6-15(14)18(22)24/h3-9H,10H2,1-2H3. The van der Waals surface area contributed by atoms with E-state index in [1.807, 2.05) is 32.0 Å². The fraction of sp³-hybridized carbons (Fsp3) is 0.158. The molecule has 0 saturated carbocycles. The molecule has 2 heterocycles. The number of benzene rings is 2. The smallest absolute Gasteiger partial charge is 0.278 e. The topological polar surface area (TPSA) is 76.3 Å². The quantitative estimate of drug-likeness (QED) is 0.518. The molecule has 0 radical (unpaired) electrons. The summed E-state index contributed by atoms with van der Waals surface area (Å²) >= 11 is 1.16. The summed E-state index contributed by atoms with van der Waals surface area (Å²) in [7, 11) is 0. The average molecular weight is 365 g/mol. The van der Waals surface area contributed by atoms with Crippen LogP contribution in [0.1, 0.15) is 31.8 Å². The van der Waals surface area contributed by atoms with Crippen molar-refractivity contribution in [2.75, 3.05) is 5.88 Å². The van der Waals surface area contributed by atoms with E-state index in [2.05, 4.69) is 10.2 Å². The maximum absolute atomic E-state index is 12.3. The normalized spacial score (nSPS) is 13.4. The van der Waals surface area contributed by atoms with Gasteiger partial charge in [0.2, 0.25) is 5.89 Å². The summed E-state index contributed by atoms with van der Waals surface area (Å²) in [6.07, 6.45) is 0. The molecule has 2 aromatic carbocycles. The van der Waals surface area contributed by atoms with E-state index in [4.69, 9.17) is 4.42 Å². The summed E-state index contributed by atoms with van der Waals surface area (Å²) < 4.78 is 5.66. The van der Waals surface area contributed by atoms with E-state index < -0.39 is 0 Å². The number of carbonyl (C=O) groups excluding carboxylic acids is 2. The lowest BCUT2D eigenvalue weighted by Gasteiger charge is -2.11. The Hall–Kier alpha value is -2.93. The number of thioether (sulfide) groups is 1. The number of rotatable bonds is 4. The van der Waals surface area contributed by atoms with Crippen molar-refractivity contribution in [1.29, 1.82) is 0 Å². The van der Waals surface area contributed by atoms with E-state index in [0.29, 0.717) is 22.2 Å². The number of fused-ring (bicyclic) bond motifs is 1. The highest BCUT2D eigenvalue weighted by Crippen LogP contribution is 2.28. The maximum Gasteiger partial charge on any atom is 0.278 e. The summed E-state index contributed by atoms with van der Waals surface area (Å²) in [5.74, 6) is -0.0575. The molecule has 1 aliphatic heterocycles. The van der Waals surface area contributed by atoms with Gasteiger partial charge in [0, 0.05) is 5.56 Å². The third kappa shape index (κ3) is 2.80. The van der Waals surface area contributed by atoms with Crippen LogP contribution in [0.15, 0.2) is 52.1 Å². The number of nitrogens with zero attached hydrogens (tertiary/aromatic N) is 3. The molecular formula is C19H15N3O3S. The van der Waals surface area contributed by atoms with Crippen molar-refractivity contribution in [2.45, 2.75) is 19.1 Å². The van der Waals surface area contributed by atoms with Crippen LogP contribution in [-0.4, -0.2) is 32.8 Å². The molecule has 4 rings (SSSR count). The van der Waals surface area contributed by atoms with Crippen molar-refractivity contribution in [3.05, 3.63) is 64.7 Å². The number of imide groups is 1. The van der Waals surface area contributed by atoms with Gasteiger partial charge in [0.15, 0.2) is 0 Å². The Labute approximate surface area is 154 Å². The number of hydrogen-bond acceptors (Lipinski definition) is 6. The molecule has 0 saturated heterocycles. The van der Waals surface area contributed by atoms with Crippen LogP contribution in [-0.2, 0) is 0 Å². The Balaban J connectivity index is 1.48. The molecule has 7 heteroatoms. The Kier molecular flexibility index (Phi) is 4.08. The van der Waals surface area contributed by atoms with Crippen molar-refractivity contribution in [3.63, 3.8) is 0 Å². The maximum atomic E-state index is 12.3. The zero-order valence-corrected chi connectivity index (χ0v) is 15.0. The highest BCUT2D eigenvalue weighted by atomic mass is 32.2.